The Morgan fingerprint density at radius 2 is 2.12 bits per heavy atom. The van der Waals surface area contributed by atoms with E-state index in [4.69, 9.17) is 0 Å². The Kier molecular flexibility index (Phi) is 3.49. The molecular weight excluding hydrogens is 219 g/mol. The van der Waals surface area contributed by atoms with Crippen LogP contribution in [0.1, 0.15) is 5.82 Å². The van der Waals surface area contributed by atoms with Crippen LogP contribution in [0.5, 0.6) is 0 Å². The summed E-state index contributed by atoms with van der Waals surface area (Å²) in [6, 6.07) is 6.59. The van der Waals surface area contributed by atoms with Gasteiger partial charge in [-0.1, -0.05) is 12.1 Å². The highest BCUT2D eigenvalue weighted by Crippen LogP contribution is 2.19. The zero-order valence-corrected chi connectivity index (χ0v) is 9.94. The Morgan fingerprint density at radius 3 is 2.82 bits per heavy atom. The minimum absolute atomic E-state index is 0.275. The second-order valence-electron chi connectivity index (χ2n) is 3.81. The largest absolute Gasteiger partial charge is 0.319 e. The minimum Gasteiger partial charge on any atom is -0.319 e. The van der Waals surface area contributed by atoms with Gasteiger partial charge in [0.25, 0.3) is 0 Å². The van der Waals surface area contributed by atoms with Crippen molar-refractivity contribution in [2.45, 2.75) is 6.42 Å². The summed E-state index contributed by atoms with van der Waals surface area (Å²) in [6.07, 6.45) is 0.735. The fraction of sp³-hybridized carbons (Fsp3) is 0.333. The summed E-state index contributed by atoms with van der Waals surface area (Å²) in [5.74, 6) is 1.01. The van der Waals surface area contributed by atoms with E-state index in [1.54, 1.807) is 29.9 Å². The number of nitrogens with zero attached hydrogens (tertiary/aromatic N) is 3. The van der Waals surface area contributed by atoms with Crippen molar-refractivity contribution in [2.24, 2.45) is 7.05 Å². The molecule has 1 aromatic heterocycles. The Hall–Kier alpha value is -1.75. The number of nitrogens with one attached hydrogen (secondary N) is 1. The van der Waals surface area contributed by atoms with Crippen LogP contribution in [-0.2, 0) is 13.5 Å². The third-order valence-electron chi connectivity index (χ3n) is 2.52. The first-order valence-corrected chi connectivity index (χ1v) is 5.52. The number of hydrogen-bond acceptors (Lipinski definition) is 3. The van der Waals surface area contributed by atoms with Gasteiger partial charge < -0.3 is 5.32 Å². The van der Waals surface area contributed by atoms with Gasteiger partial charge in [0.1, 0.15) is 5.82 Å². The molecule has 4 nitrogen and oxygen atoms in total. The standard InChI is InChI=1S/C12H15FN4/c1-14-8-7-11-15-12(17(2)16-11)9-5-3-4-6-10(9)13/h3-6,14H,7-8H2,1-2H3. The number of aryl methyl sites for hydroxylation is 1. The van der Waals surface area contributed by atoms with Crippen LogP contribution >= 0.6 is 0 Å². The number of hydrogen-bond donors (Lipinski definition) is 1. The number of rotatable bonds is 4. The molecule has 0 spiro atoms. The third kappa shape index (κ3) is 2.50. The average Bonchev–Trinajstić information content (AvgIpc) is 2.68. The maximum absolute atomic E-state index is 13.6. The van der Waals surface area contributed by atoms with Gasteiger partial charge in [-0.15, -0.1) is 0 Å². The van der Waals surface area contributed by atoms with Gasteiger partial charge in [0, 0.05) is 20.0 Å². The highest BCUT2D eigenvalue weighted by Gasteiger charge is 2.12. The maximum Gasteiger partial charge on any atom is 0.161 e. The van der Waals surface area contributed by atoms with E-state index in [1.165, 1.54) is 6.07 Å². The van der Waals surface area contributed by atoms with Crippen LogP contribution < -0.4 is 5.32 Å². The second-order valence-corrected chi connectivity index (χ2v) is 3.81. The van der Waals surface area contributed by atoms with Crippen LogP contribution in [0.25, 0.3) is 11.4 Å². The molecule has 0 aliphatic heterocycles. The van der Waals surface area contributed by atoms with E-state index in [-0.39, 0.29) is 5.82 Å². The Labute approximate surface area is 99.5 Å². The first-order chi connectivity index (χ1) is 8.22. The Bertz CT molecular complexity index is 507. The SMILES string of the molecule is CNCCc1nc(-c2ccccc2F)n(C)n1. The lowest BCUT2D eigenvalue weighted by Gasteiger charge is -2.00. The van der Waals surface area contributed by atoms with E-state index in [2.05, 4.69) is 15.4 Å². The van der Waals surface area contributed by atoms with Crippen molar-refractivity contribution in [3.63, 3.8) is 0 Å². The van der Waals surface area contributed by atoms with Crippen molar-refractivity contribution in [1.29, 1.82) is 0 Å². The third-order valence-corrected chi connectivity index (χ3v) is 2.52. The van der Waals surface area contributed by atoms with Crippen LogP contribution in [0.15, 0.2) is 24.3 Å². The van der Waals surface area contributed by atoms with Gasteiger partial charge in [0.05, 0.1) is 5.56 Å². The van der Waals surface area contributed by atoms with Crippen molar-refractivity contribution in [2.75, 3.05) is 13.6 Å². The number of aromatic nitrogens is 3. The molecule has 90 valence electrons. The summed E-state index contributed by atoms with van der Waals surface area (Å²) in [5, 5.41) is 7.30. The molecule has 0 unspecified atom stereocenters. The van der Waals surface area contributed by atoms with Crippen LogP contribution in [0.3, 0.4) is 0 Å². The Morgan fingerprint density at radius 1 is 1.35 bits per heavy atom. The fourth-order valence-corrected chi connectivity index (χ4v) is 1.66. The molecule has 0 radical (unpaired) electrons. The van der Waals surface area contributed by atoms with E-state index in [9.17, 15) is 4.39 Å². The van der Waals surface area contributed by atoms with Crippen LogP contribution in [0.4, 0.5) is 4.39 Å². The lowest BCUT2D eigenvalue weighted by Crippen LogP contribution is -2.11. The van der Waals surface area contributed by atoms with Gasteiger partial charge in [0.15, 0.2) is 11.6 Å². The van der Waals surface area contributed by atoms with Crippen molar-refractivity contribution < 1.29 is 4.39 Å². The molecule has 0 aliphatic rings. The highest BCUT2D eigenvalue weighted by atomic mass is 19.1. The normalized spacial score (nSPS) is 10.8. The summed E-state index contributed by atoms with van der Waals surface area (Å²) in [7, 11) is 3.65. The minimum atomic E-state index is -0.275. The summed E-state index contributed by atoms with van der Waals surface area (Å²) in [5.41, 5.74) is 0.484. The van der Waals surface area contributed by atoms with E-state index in [0.29, 0.717) is 11.4 Å². The quantitative estimate of drug-likeness (QED) is 0.869. The fourth-order valence-electron chi connectivity index (χ4n) is 1.66. The summed E-state index contributed by atoms with van der Waals surface area (Å²) in [4.78, 5) is 4.35. The van der Waals surface area contributed by atoms with Crippen molar-refractivity contribution in [3.8, 4) is 11.4 Å². The molecule has 0 fully saturated rings. The molecule has 1 aromatic carbocycles. The van der Waals surface area contributed by atoms with E-state index in [0.717, 1.165) is 18.8 Å². The van der Waals surface area contributed by atoms with Crippen LogP contribution in [0.2, 0.25) is 0 Å². The van der Waals surface area contributed by atoms with E-state index < -0.39 is 0 Å². The van der Waals surface area contributed by atoms with Crippen LogP contribution in [0, 0.1) is 5.82 Å². The molecule has 0 amide bonds. The molecule has 0 aliphatic carbocycles. The van der Waals surface area contributed by atoms with Gasteiger partial charge in [-0.25, -0.2) is 14.1 Å². The average molecular weight is 234 g/mol. The van der Waals surface area contributed by atoms with Crippen molar-refractivity contribution in [3.05, 3.63) is 35.9 Å². The Balaban J connectivity index is 2.33. The van der Waals surface area contributed by atoms with Gasteiger partial charge in [0.2, 0.25) is 0 Å². The molecule has 2 rings (SSSR count). The van der Waals surface area contributed by atoms with Crippen molar-refractivity contribution >= 4 is 0 Å². The molecule has 0 atom stereocenters. The molecule has 0 saturated heterocycles. The van der Waals surface area contributed by atoms with Gasteiger partial charge in [-0.05, 0) is 19.2 Å². The lowest BCUT2D eigenvalue weighted by atomic mass is 10.2. The van der Waals surface area contributed by atoms with E-state index >= 15 is 0 Å². The summed E-state index contributed by atoms with van der Waals surface area (Å²) in [6.45, 7) is 0.806. The number of benzene rings is 1. The van der Waals surface area contributed by atoms with Gasteiger partial charge in [-0.2, -0.15) is 5.10 Å². The predicted octanol–water partition coefficient (Wildman–Crippen LogP) is 1.38. The first-order valence-electron chi connectivity index (χ1n) is 5.52. The number of likely N-dealkylation sites (N-methyl/N-ethyl adjacent to an activating group) is 1. The zero-order valence-electron chi connectivity index (χ0n) is 9.94. The predicted molar refractivity (Wildman–Crippen MR) is 64.0 cm³/mol. The molecule has 17 heavy (non-hydrogen) atoms. The molecule has 2 aromatic rings. The monoisotopic (exact) mass is 234 g/mol. The number of halogens is 1. The highest BCUT2D eigenvalue weighted by molar-refractivity contribution is 5.55. The zero-order chi connectivity index (χ0) is 12.3. The summed E-state index contributed by atoms with van der Waals surface area (Å²) < 4.78 is 15.2. The van der Waals surface area contributed by atoms with E-state index in [1.807, 2.05) is 7.05 Å². The smallest absolute Gasteiger partial charge is 0.161 e. The molecule has 1 heterocycles. The van der Waals surface area contributed by atoms with Gasteiger partial charge >= 0.3 is 0 Å². The van der Waals surface area contributed by atoms with Crippen LogP contribution in [-0.4, -0.2) is 28.4 Å². The lowest BCUT2D eigenvalue weighted by molar-refractivity contribution is 0.627. The molecule has 1 N–H and O–H groups in total. The van der Waals surface area contributed by atoms with Gasteiger partial charge in [-0.3, -0.25) is 0 Å². The maximum atomic E-state index is 13.6. The molecular formula is C12H15FN4. The summed E-state index contributed by atoms with van der Waals surface area (Å²) >= 11 is 0. The molecule has 5 heteroatoms. The van der Waals surface area contributed by atoms with Crippen molar-refractivity contribution in [1.82, 2.24) is 20.1 Å². The molecule has 0 bridgehead atoms. The topological polar surface area (TPSA) is 42.7 Å². The first kappa shape index (κ1) is 11.7. The molecule has 0 saturated carbocycles. The second kappa shape index (κ2) is 5.05.